The Kier molecular flexibility index (Phi) is 11.2. The average Bonchev–Trinajstić information content (AvgIpc) is 3.96. The summed E-state index contributed by atoms with van der Waals surface area (Å²) in [7, 11) is -8.38. The number of benzene rings is 1. The third-order valence-corrected chi connectivity index (χ3v) is 13.8. The molecule has 0 bridgehead atoms. The van der Waals surface area contributed by atoms with Crippen molar-refractivity contribution in [1.82, 2.24) is 18.8 Å². The molecule has 0 aromatic heterocycles. The molecular formula is C37H49FN4O11S2. The van der Waals surface area contributed by atoms with Crippen molar-refractivity contribution in [3.8, 4) is 0 Å². The maximum Gasteiger partial charge on any atom is 0.424 e. The third kappa shape index (κ3) is 9.00. The lowest BCUT2D eigenvalue weighted by Gasteiger charge is -2.35. The molecule has 55 heavy (non-hydrogen) atoms. The summed E-state index contributed by atoms with van der Waals surface area (Å²) < 4.78 is 80.5. The van der Waals surface area contributed by atoms with Crippen molar-refractivity contribution in [2.45, 2.75) is 127 Å². The molecule has 3 heterocycles. The number of hydrogen-bond acceptors (Lipinski definition) is 11. The van der Waals surface area contributed by atoms with Gasteiger partial charge in [-0.15, -0.1) is 0 Å². The lowest BCUT2D eigenvalue weighted by atomic mass is 9.91. The highest BCUT2D eigenvalue weighted by molar-refractivity contribution is 7.91. The van der Waals surface area contributed by atoms with Crippen LogP contribution in [0.4, 0.5) is 14.0 Å². The summed E-state index contributed by atoms with van der Waals surface area (Å²) in [6.07, 6.45) is 3.61. The van der Waals surface area contributed by atoms with E-state index in [-0.39, 0.29) is 38.9 Å². The number of nitrogens with zero attached hydrogens (tertiary/aromatic N) is 3. The van der Waals surface area contributed by atoms with E-state index in [1.807, 2.05) is 12.2 Å². The number of allylic oxidation sites excluding steroid dienone is 2. The molecule has 1 saturated heterocycles. The van der Waals surface area contributed by atoms with Crippen LogP contribution in [0.25, 0.3) is 0 Å². The van der Waals surface area contributed by atoms with Crippen LogP contribution in [0.5, 0.6) is 0 Å². The van der Waals surface area contributed by atoms with Gasteiger partial charge in [-0.25, -0.2) is 30.8 Å². The van der Waals surface area contributed by atoms with E-state index >= 15 is 0 Å². The van der Waals surface area contributed by atoms with Gasteiger partial charge in [0.2, 0.25) is 31.9 Å². The largest absolute Gasteiger partial charge is 0.444 e. The molecule has 0 unspecified atom stereocenters. The Bertz CT molecular complexity index is 2000. The molecule has 6 rings (SSSR count). The molecule has 4 amide bonds. The first-order chi connectivity index (χ1) is 25.7. The highest BCUT2D eigenvalue weighted by atomic mass is 32.2. The van der Waals surface area contributed by atoms with Crippen molar-refractivity contribution in [3.63, 3.8) is 0 Å². The Morgan fingerprint density at radius 3 is 2.40 bits per heavy atom. The van der Waals surface area contributed by atoms with Crippen LogP contribution in [0.2, 0.25) is 0 Å². The lowest BCUT2D eigenvalue weighted by molar-refractivity contribution is -0.142. The Labute approximate surface area is 321 Å². The number of ether oxygens (including phenoxy) is 2. The SMILES string of the molecule is CC(C)(C)OC(=O)N([C@H]1CCCCC/C=C\[C@@H]2C[C@@]2(C(=O)NS(=O)(=O)C2CC2)CC(=O)[C@@H]2C[C@@H](OC(=O)N3Cc4cccc(F)c4C3)CN2C1=O)S(C)(=O)=O. The Balaban J connectivity index is 1.32. The summed E-state index contributed by atoms with van der Waals surface area (Å²) in [6, 6.07) is 1.55. The van der Waals surface area contributed by atoms with Gasteiger partial charge < -0.3 is 14.4 Å². The lowest BCUT2D eigenvalue weighted by Crippen LogP contribution is -2.56. The summed E-state index contributed by atoms with van der Waals surface area (Å²) in [5.74, 6) is -3.24. The van der Waals surface area contributed by atoms with Crippen LogP contribution < -0.4 is 4.72 Å². The van der Waals surface area contributed by atoms with Gasteiger partial charge in [0.1, 0.15) is 23.6 Å². The number of carbonyl (C=O) groups excluding carboxylic acids is 5. The zero-order chi connectivity index (χ0) is 40.1. The molecule has 2 aliphatic carbocycles. The first kappa shape index (κ1) is 40.6. The van der Waals surface area contributed by atoms with Crippen molar-refractivity contribution in [1.29, 1.82) is 0 Å². The number of fused-ring (bicyclic) bond motifs is 3. The molecule has 18 heteroatoms. The minimum Gasteiger partial charge on any atom is -0.444 e. The molecule has 5 aliphatic rings. The standard InChI is InChI=1S/C37H49FN4O11S2/c1-36(2,3)53-35(47)42(54(4,48)49)29-14-9-7-5-6-8-12-24-18-37(24,33(45)39-55(50,51)26-15-16-26)19-31(43)30-17-25(21-41(30)32(29)44)52-34(46)40-20-23-11-10-13-28(38)27(23)22-40/h8,10-13,24-26,29-30H,5-7,9,14-22H2,1-4H3,(H,39,45)/b12-8-/t24-,25-,29+,30+,37-/m1/s1. The van der Waals surface area contributed by atoms with E-state index in [1.165, 1.54) is 17.0 Å². The summed E-state index contributed by atoms with van der Waals surface area (Å²) in [6.45, 7) is 4.30. The number of sulfonamides is 2. The second kappa shape index (κ2) is 15.1. The average molecular weight is 809 g/mol. The van der Waals surface area contributed by atoms with Gasteiger partial charge in [0.05, 0.1) is 36.1 Å². The Morgan fingerprint density at radius 2 is 1.75 bits per heavy atom. The van der Waals surface area contributed by atoms with Crippen molar-refractivity contribution < 1.29 is 54.7 Å². The first-order valence-electron chi connectivity index (χ1n) is 18.7. The number of hydrogen-bond donors (Lipinski definition) is 1. The number of ketones is 1. The molecular weight excluding hydrogens is 760 g/mol. The smallest absolute Gasteiger partial charge is 0.424 e. The number of amides is 4. The van der Waals surface area contributed by atoms with Crippen LogP contribution in [0.15, 0.2) is 30.4 Å². The molecule has 15 nitrogen and oxygen atoms in total. The minimum atomic E-state index is -4.43. The number of nitrogens with one attached hydrogen (secondary N) is 1. The summed E-state index contributed by atoms with van der Waals surface area (Å²) in [5.41, 5.74) is -1.59. The monoisotopic (exact) mass is 808 g/mol. The molecule has 2 saturated carbocycles. The van der Waals surface area contributed by atoms with E-state index in [9.17, 15) is 45.2 Å². The maximum absolute atomic E-state index is 14.7. The molecule has 5 atom stereocenters. The van der Waals surface area contributed by atoms with E-state index < -0.39 is 102 Å². The van der Waals surface area contributed by atoms with Crippen molar-refractivity contribution in [3.05, 3.63) is 47.3 Å². The van der Waals surface area contributed by atoms with Gasteiger partial charge in [0, 0.05) is 24.9 Å². The van der Waals surface area contributed by atoms with E-state index in [4.69, 9.17) is 9.47 Å². The number of carbonyl (C=O) groups is 5. The van der Waals surface area contributed by atoms with Gasteiger partial charge in [0.15, 0.2) is 5.78 Å². The fraction of sp³-hybridized carbons (Fsp3) is 0.649. The van der Waals surface area contributed by atoms with Crippen LogP contribution >= 0.6 is 0 Å². The predicted octanol–water partition coefficient (Wildman–Crippen LogP) is 3.91. The third-order valence-electron chi connectivity index (χ3n) is 10.9. The second-order valence-electron chi connectivity index (χ2n) is 16.4. The van der Waals surface area contributed by atoms with Gasteiger partial charge >= 0.3 is 12.2 Å². The molecule has 0 spiro atoms. The Morgan fingerprint density at radius 1 is 1.02 bits per heavy atom. The van der Waals surface area contributed by atoms with E-state index in [1.54, 1.807) is 26.8 Å². The zero-order valence-corrected chi connectivity index (χ0v) is 33.1. The number of rotatable bonds is 6. The van der Waals surface area contributed by atoms with Gasteiger partial charge in [-0.3, -0.25) is 24.0 Å². The molecule has 1 aromatic rings. The van der Waals surface area contributed by atoms with Crippen LogP contribution in [-0.4, -0.2) is 103 Å². The summed E-state index contributed by atoms with van der Waals surface area (Å²) in [5, 5.41) is -0.684. The minimum absolute atomic E-state index is 0.0594. The van der Waals surface area contributed by atoms with Crippen LogP contribution in [0.1, 0.15) is 96.1 Å². The molecule has 1 aromatic carbocycles. The predicted molar refractivity (Wildman–Crippen MR) is 195 cm³/mol. The normalized spacial score (nSPS) is 28.2. The molecule has 302 valence electrons. The molecule has 3 fully saturated rings. The van der Waals surface area contributed by atoms with Crippen LogP contribution in [-0.2, 0) is 57.0 Å². The number of halogens is 1. The van der Waals surface area contributed by atoms with Crippen molar-refractivity contribution >= 4 is 49.8 Å². The molecule has 3 aliphatic heterocycles. The fourth-order valence-electron chi connectivity index (χ4n) is 7.78. The van der Waals surface area contributed by atoms with Crippen LogP contribution in [0, 0.1) is 17.2 Å². The van der Waals surface area contributed by atoms with E-state index in [0.29, 0.717) is 54.0 Å². The van der Waals surface area contributed by atoms with Gasteiger partial charge in [0.25, 0.3) is 0 Å². The van der Waals surface area contributed by atoms with Gasteiger partial charge in [-0.05, 0) is 76.8 Å². The zero-order valence-electron chi connectivity index (χ0n) is 31.5. The van der Waals surface area contributed by atoms with Gasteiger partial charge in [-0.1, -0.05) is 37.1 Å². The van der Waals surface area contributed by atoms with Crippen LogP contribution in [0.3, 0.4) is 0 Å². The van der Waals surface area contributed by atoms with Crippen molar-refractivity contribution in [2.24, 2.45) is 11.3 Å². The summed E-state index contributed by atoms with van der Waals surface area (Å²) in [4.78, 5) is 72.2. The van der Waals surface area contributed by atoms with Crippen molar-refractivity contribution in [2.75, 3.05) is 12.8 Å². The topological polar surface area (TPSA) is 194 Å². The van der Waals surface area contributed by atoms with Gasteiger partial charge in [-0.2, -0.15) is 4.31 Å². The fourth-order valence-corrected chi connectivity index (χ4v) is 10.1. The Hall–Kier alpha value is -4.06. The summed E-state index contributed by atoms with van der Waals surface area (Å²) >= 11 is 0. The highest BCUT2D eigenvalue weighted by Gasteiger charge is 2.62. The molecule has 1 N–H and O–H groups in total. The maximum atomic E-state index is 14.7. The first-order valence-corrected chi connectivity index (χ1v) is 22.1. The van der Waals surface area contributed by atoms with E-state index in [2.05, 4.69) is 4.72 Å². The van der Waals surface area contributed by atoms with E-state index in [0.717, 1.165) is 11.2 Å². The quantitative estimate of drug-likeness (QED) is 0.410. The molecule has 0 radical (unpaired) electrons. The number of Topliss-reactive ketones (excluding diaryl/α,β-unsaturated/α-hetero) is 1. The highest BCUT2D eigenvalue weighted by Crippen LogP contribution is 2.57. The second-order valence-corrected chi connectivity index (χ2v) is 20.2.